The molecule has 0 aliphatic carbocycles. The summed E-state index contributed by atoms with van der Waals surface area (Å²) in [6, 6.07) is 19.3. The molecule has 3 aromatic rings. The van der Waals surface area contributed by atoms with E-state index in [0.717, 1.165) is 11.1 Å². The van der Waals surface area contributed by atoms with Crippen LogP contribution in [0.5, 0.6) is 0 Å². The lowest BCUT2D eigenvalue weighted by molar-refractivity contribution is -0.121. The van der Waals surface area contributed by atoms with Gasteiger partial charge in [-0.05, 0) is 18.1 Å². The maximum Gasteiger partial charge on any atom is 0.230 e. The summed E-state index contributed by atoms with van der Waals surface area (Å²) in [5.41, 5.74) is 2.02. The predicted octanol–water partition coefficient (Wildman–Crippen LogP) is 2.64. The number of hydrogen-bond acceptors (Lipinski definition) is 5. The highest BCUT2D eigenvalue weighted by molar-refractivity contribution is 7.99. The lowest BCUT2D eigenvalue weighted by Crippen LogP contribution is -2.28. The van der Waals surface area contributed by atoms with Crippen LogP contribution in [0.4, 0.5) is 0 Å². The van der Waals surface area contributed by atoms with Crippen molar-refractivity contribution in [3.8, 4) is 0 Å². The zero-order valence-electron chi connectivity index (χ0n) is 17.0. The fraction of sp³-hybridized carbons (Fsp3) is 0.273. The number of nitrogens with one attached hydrogen (secondary N) is 2. The van der Waals surface area contributed by atoms with Gasteiger partial charge in [-0.2, -0.15) is 0 Å². The maximum absolute atomic E-state index is 12.3. The minimum atomic E-state index is -0.0762. The molecule has 1 heterocycles. The van der Waals surface area contributed by atoms with Crippen LogP contribution >= 0.6 is 11.8 Å². The molecule has 1 aromatic heterocycles. The van der Waals surface area contributed by atoms with Gasteiger partial charge in [0.1, 0.15) is 0 Å². The van der Waals surface area contributed by atoms with Gasteiger partial charge >= 0.3 is 0 Å². The molecule has 1 atom stereocenters. The third-order valence-corrected chi connectivity index (χ3v) is 5.61. The van der Waals surface area contributed by atoms with Gasteiger partial charge in [0, 0.05) is 7.05 Å². The number of nitrogens with zero attached hydrogens (tertiary/aromatic N) is 3. The molecule has 0 bridgehead atoms. The van der Waals surface area contributed by atoms with Crippen LogP contribution in [-0.2, 0) is 29.6 Å². The summed E-state index contributed by atoms with van der Waals surface area (Å²) in [5.74, 6) is 0.727. The summed E-state index contributed by atoms with van der Waals surface area (Å²) in [6.45, 7) is 2.24. The number of amides is 2. The van der Waals surface area contributed by atoms with Crippen LogP contribution in [0.15, 0.2) is 65.8 Å². The summed E-state index contributed by atoms with van der Waals surface area (Å²) in [5, 5.41) is 14.7. The zero-order valence-corrected chi connectivity index (χ0v) is 17.9. The highest BCUT2D eigenvalue weighted by Crippen LogP contribution is 2.17. The molecule has 7 nitrogen and oxygen atoms in total. The molecule has 0 spiro atoms. The highest BCUT2D eigenvalue weighted by atomic mass is 32.2. The Morgan fingerprint density at radius 3 is 2.37 bits per heavy atom. The van der Waals surface area contributed by atoms with Crippen LogP contribution in [-0.4, -0.2) is 32.3 Å². The molecule has 0 unspecified atom stereocenters. The van der Waals surface area contributed by atoms with Crippen LogP contribution in [0, 0.1) is 0 Å². The van der Waals surface area contributed by atoms with Crippen molar-refractivity contribution in [2.75, 3.05) is 5.75 Å². The van der Waals surface area contributed by atoms with Crippen LogP contribution in [0.1, 0.15) is 29.9 Å². The second kappa shape index (κ2) is 10.6. The molecule has 3 rings (SSSR count). The number of benzene rings is 2. The SMILES string of the molecule is C[C@@H](NC(=O)CSc1nnc(CNC(=O)Cc2ccccc2)n1C)c1ccccc1. The van der Waals surface area contributed by atoms with E-state index in [1.807, 2.05) is 74.6 Å². The van der Waals surface area contributed by atoms with E-state index < -0.39 is 0 Å². The van der Waals surface area contributed by atoms with E-state index in [1.165, 1.54) is 11.8 Å². The minimum absolute atomic E-state index is 0.0609. The molecule has 0 aliphatic rings. The molecule has 0 saturated carbocycles. The van der Waals surface area contributed by atoms with Crippen molar-refractivity contribution < 1.29 is 9.59 Å². The monoisotopic (exact) mass is 423 g/mol. The van der Waals surface area contributed by atoms with E-state index in [2.05, 4.69) is 20.8 Å². The van der Waals surface area contributed by atoms with Gasteiger partial charge in [-0.1, -0.05) is 72.4 Å². The Labute approximate surface area is 180 Å². The Morgan fingerprint density at radius 2 is 1.67 bits per heavy atom. The largest absolute Gasteiger partial charge is 0.349 e. The van der Waals surface area contributed by atoms with Gasteiger partial charge in [0.25, 0.3) is 0 Å². The minimum Gasteiger partial charge on any atom is -0.349 e. The normalized spacial score (nSPS) is 11.7. The van der Waals surface area contributed by atoms with Gasteiger partial charge < -0.3 is 15.2 Å². The topological polar surface area (TPSA) is 88.9 Å². The summed E-state index contributed by atoms with van der Waals surface area (Å²) in [4.78, 5) is 24.4. The summed E-state index contributed by atoms with van der Waals surface area (Å²) in [6.07, 6.45) is 0.320. The predicted molar refractivity (Wildman–Crippen MR) is 117 cm³/mol. The van der Waals surface area contributed by atoms with Crippen LogP contribution in [0.2, 0.25) is 0 Å². The Hall–Kier alpha value is -3.13. The first-order valence-corrected chi connectivity index (χ1v) is 10.7. The first-order valence-electron chi connectivity index (χ1n) is 9.69. The molecule has 30 heavy (non-hydrogen) atoms. The fourth-order valence-corrected chi connectivity index (χ4v) is 3.63. The van der Waals surface area contributed by atoms with Gasteiger partial charge in [0.2, 0.25) is 11.8 Å². The molecule has 2 N–H and O–H groups in total. The number of aromatic nitrogens is 3. The standard InChI is InChI=1S/C22H25N5O2S/c1-16(18-11-7-4-8-12-18)24-21(29)15-30-22-26-25-19(27(22)2)14-23-20(28)13-17-9-5-3-6-10-17/h3-12,16H,13-15H2,1-2H3,(H,23,28)(H,24,29)/t16-/m1/s1. The lowest BCUT2D eigenvalue weighted by Gasteiger charge is -2.14. The third kappa shape index (κ3) is 6.18. The van der Waals surface area contributed by atoms with Gasteiger partial charge in [-0.15, -0.1) is 10.2 Å². The number of rotatable bonds is 9. The maximum atomic E-state index is 12.3. The van der Waals surface area contributed by atoms with Crippen molar-refractivity contribution in [2.45, 2.75) is 31.1 Å². The molecule has 0 radical (unpaired) electrons. The van der Waals surface area contributed by atoms with Crippen molar-refractivity contribution in [1.29, 1.82) is 0 Å². The molecule has 8 heteroatoms. The van der Waals surface area contributed by atoms with Crippen molar-refractivity contribution >= 4 is 23.6 Å². The summed E-state index contributed by atoms with van der Waals surface area (Å²) in [7, 11) is 1.82. The van der Waals surface area contributed by atoms with Crippen LogP contribution < -0.4 is 10.6 Å². The number of thioether (sulfide) groups is 1. The molecule has 0 saturated heterocycles. The summed E-state index contributed by atoms with van der Waals surface area (Å²) >= 11 is 1.31. The molecular weight excluding hydrogens is 398 g/mol. The Balaban J connectivity index is 1.45. The average Bonchev–Trinajstić information content (AvgIpc) is 3.11. The molecule has 2 amide bonds. The quantitative estimate of drug-likeness (QED) is 0.517. The van der Waals surface area contributed by atoms with Crippen molar-refractivity contribution in [3.05, 3.63) is 77.6 Å². The van der Waals surface area contributed by atoms with Gasteiger partial charge in [0.15, 0.2) is 11.0 Å². The lowest BCUT2D eigenvalue weighted by atomic mass is 10.1. The van der Waals surface area contributed by atoms with Crippen LogP contribution in [0.25, 0.3) is 0 Å². The average molecular weight is 424 g/mol. The molecule has 156 valence electrons. The van der Waals surface area contributed by atoms with E-state index >= 15 is 0 Å². The molecule has 0 aliphatic heterocycles. The Kier molecular flexibility index (Phi) is 7.62. The molecule has 2 aromatic carbocycles. The van der Waals surface area contributed by atoms with Crippen molar-refractivity contribution in [3.63, 3.8) is 0 Å². The van der Waals surface area contributed by atoms with Crippen molar-refractivity contribution in [1.82, 2.24) is 25.4 Å². The van der Waals surface area contributed by atoms with E-state index in [1.54, 1.807) is 4.57 Å². The second-order valence-electron chi connectivity index (χ2n) is 6.89. The third-order valence-electron chi connectivity index (χ3n) is 4.59. The molecule has 0 fully saturated rings. The first-order chi connectivity index (χ1) is 14.5. The zero-order chi connectivity index (χ0) is 21.3. The number of hydrogen-bond donors (Lipinski definition) is 2. The first kappa shape index (κ1) is 21.6. The van der Waals surface area contributed by atoms with E-state index in [4.69, 9.17) is 0 Å². The Morgan fingerprint density at radius 1 is 1.00 bits per heavy atom. The van der Waals surface area contributed by atoms with E-state index in [0.29, 0.717) is 17.4 Å². The number of carbonyl (C=O) groups excluding carboxylic acids is 2. The van der Waals surface area contributed by atoms with Gasteiger partial charge in [0.05, 0.1) is 24.8 Å². The highest BCUT2D eigenvalue weighted by Gasteiger charge is 2.14. The fourth-order valence-electron chi connectivity index (χ4n) is 2.88. The smallest absolute Gasteiger partial charge is 0.230 e. The summed E-state index contributed by atoms with van der Waals surface area (Å²) < 4.78 is 1.79. The van der Waals surface area contributed by atoms with Crippen LogP contribution in [0.3, 0.4) is 0 Å². The van der Waals surface area contributed by atoms with Crippen molar-refractivity contribution in [2.24, 2.45) is 7.05 Å². The van der Waals surface area contributed by atoms with Gasteiger partial charge in [-0.25, -0.2) is 0 Å². The van der Waals surface area contributed by atoms with Gasteiger partial charge in [-0.3, -0.25) is 9.59 Å². The Bertz CT molecular complexity index is 976. The van der Waals surface area contributed by atoms with E-state index in [-0.39, 0.29) is 30.2 Å². The second-order valence-corrected chi connectivity index (χ2v) is 7.83. The molecular formula is C22H25N5O2S. The van der Waals surface area contributed by atoms with E-state index in [9.17, 15) is 9.59 Å². The number of carbonyl (C=O) groups is 2.